The molecule has 1 atom stereocenters. The Morgan fingerprint density at radius 1 is 1.63 bits per heavy atom. The van der Waals surface area contributed by atoms with Gasteiger partial charge in [-0.05, 0) is 12.8 Å². The van der Waals surface area contributed by atoms with E-state index in [1.54, 1.807) is 0 Å². The van der Waals surface area contributed by atoms with E-state index in [0.717, 1.165) is 11.3 Å². The van der Waals surface area contributed by atoms with Gasteiger partial charge in [0.15, 0.2) is 9.90 Å². The van der Waals surface area contributed by atoms with Gasteiger partial charge in [0, 0.05) is 13.1 Å². The van der Waals surface area contributed by atoms with Gasteiger partial charge >= 0.3 is 5.97 Å². The number of β-amino-alcohol motifs (C(OH)–C–C–N with tert-alkyl or cyclic N) is 1. The number of thiazole rings is 1. The van der Waals surface area contributed by atoms with Crippen LogP contribution in [0, 0.1) is 0 Å². The molecule has 9 heteroatoms. The van der Waals surface area contributed by atoms with E-state index in [-0.39, 0.29) is 16.4 Å². The highest BCUT2D eigenvalue weighted by atomic mass is 32.2. The van der Waals surface area contributed by atoms with Gasteiger partial charge in [0.05, 0.1) is 18.7 Å². The van der Waals surface area contributed by atoms with Crippen molar-refractivity contribution in [1.82, 2.24) is 9.29 Å². The standard InChI is InChI=1S/C10H14N2O5S2/c1-17-9(14)8-10(18-6-11-8)19(15,16)12-4-2-3-7(13)5-12/h6-7,13H,2-5H2,1H3. The maximum atomic E-state index is 12.4. The van der Waals surface area contributed by atoms with Crippen molar-refractivity contribution in [3.63, 3.8) is 0 Å². The Bertz CT molecular complexity index is 568. The molecule has 1 N–H and O–H groups in total. The highest BCUT2D eigenvalue weighted by Crippen LogP contribution is 2.27. The molecule has 1 saturated heterocycles. The predicted molar refractivity (Wildman–Crippen MR) is 67.5 cm³/mol. The van der Waals surface area contributed by atoms with E-state index in [0.29, 0.717) is 19.4 Å². The number of hydrogen-bond acceptors (Lipinski definition) is 7. The van der Waals surface area contributed by atoms with Crippen molar-refractivity contribution in [2.24, 2.45) is 0 Å². The highest BCUT2D eigenvalue weighted by Gasteiger charge is 2.34. The topological polar surface area (TPSA) is 96.8 Å². The average molecular weight is 306 g/mol. The quantitative estimate of drug-likeness (QED) is 0.794. The van der Waals surface area contributed by atoms with Crippen LogP contribution in [0.2, 0.25) is 0 Å². The van der Waals surface area contributed by atoms with Crippen LogP contribution in [0.5, 0.6) is 0 Å². The lowest BCUT2D eigenvalue weighted by atomic mass is 10.1. The fraction of sp³-hybridized carbons (Fsp3) is 0.600. The van der Waals surface area contributed by atoms with Crippen LogP contribution >= 0.6 is 11.3 Å². The van der Waals surface area contributed by atoms with Gasteiger partial charge in [-0.25, -0.2) is 18.2 Å². The largest absolute Gasteiger partial charge is 0.464 e. The van der Waals surface area contributed by atoms with Crippen LogP contribution in [0.1, 0.15) is 23.3 Å². The number of nitrogens with zero attached hydrogens (tertiary/aromatic N) is 2. The monoisotopic (exact) mass is 306 g/mol. The molecule has 1 aromatic rings. The Kier molecular flexibility index (Phi) is 4.19. The number of methoxy groups -OCH3 is 1. The molecule has 1 fully saturated rings. The highest BCUT2D eigenvalue weighted by molar-refractivity contribution is 7.91. The van der Waals surface area contributed by atoms with E-state index in [1.807, 2.05) is 0 Å². The third-order valence-corrected chi connectivity index (χ3v) is 6.06. The molecule has 0 aliphatic carbocycles. The van der Waals surface area contributed by atoms with Crippen molar-refractivity contribution < 1.29 is 23.1 Å². The molecule has 1 aromatic heterocycles. The summed E-state index contributed by atoms with van der Waals surface area (Å²) in [4.78, 5) is 15.2. The molecule has 0 radical (unpaired) electrons. The second-order valence-electron chi connectivity index (χ2n) is 4.14. The molecule has 19 heavy (non-hydrogen) atoms. The Balaban J connectivity index is 2.34. The molecule has 2 rings (SSSR count). The zero-order valence-electron chi connectivity index (χ0n) is 10.3. The van der Waals surface area contributed by atoms with Crippen molar-refractivity contribution in [3.8, 4) is 0 Å². The molecule has 1 unspecified atom stereocenters. The molecule has 0 bridgehead atoms. The van der Waals surface area contributed by atoms with Gasteiger partial charge in [0.2, 0.25) is 0 Å². The van der Waals surface area contributed by atoms with Crippen molar-refractivity contribution >= 4 is 27.3 Å². The van der Waals surface area contributed by atoms with E-state index in [2.05, 4.69) is 9.72 Å². The number of esters is 1. The predicted octanol–water partition coefficient (Wildman–Crippen LogP) is 0.0751. The Hall–Kier alpha value is -1.03. The molecule has 1 aliphatic heterocycles. The van der Waals surface area contributed by atoms with Crippen LogP contribution in [-0.4, -0.2) is 55.1 Å². The van der Waals surface area contributed by atoms with Gasteiger partial charge in [-0.3, -0.25) is 0 Å². The summed E-state index contributed by atoms with van der Waals surface area (Å²) in [5.41, 5.74) is 1.09. The number of carbonyl (C=O) groups excluding carboxylic acids is 1. The first-order chi connectivity index (χ1) is 8.96. The van der Waals surface area contributed by atoms with Gasteiger partial charge in [0.1, 0.15) is 0 Å². The second kappa shape index (κ2) is 5.53. The van der Waals surface area contributed by atoms with Crippen LogP contribution in [0.3, 0.4) is 0 Å². The molecular formula is C10H14N2O5S2. The number of ether oxygens (including phenoxy) is 1. The molecule has 0 aromatic carbocycles. The van der Waals surface area contributed by atoms with Crippen LogP contribution in [0.25, 0.3) is 0 Å². The van der Waals surface area contributed by atoms with Crippen molar-refractivity contribution in [2.75, 3.05) is 20.2 Å². The lowest BCUT2D eigenvalue weighted by Gasteiger charge is -2.28. The van der Waals surface area contributed by atoms with Gasteiger partial charge < -0.3 is 9.84 Å². The number of sulfonamides is 1. The van der Waals surface area contributed by atoms with Gasteiger partial charge in [-0.15, -0.1) is 11.3 Å². The smallest absolute Gasteiger partial charge is 0.358 e. The normalized spacial score (nSPS) is 21.3. The van der Waals surface area contributed by atoms with E-state index in [9.17, 15) is 18.3 Å². The minimum absolute atomic E-state index is 0.0425. The van der Waals surface area contributed by atoms with Crippen molar-refractivity contribution in [3.05, 3.63) is 11.2 Å². The minimum atomic E-state index is -3.81. The third kappa shape index (κ3) is 2.78. The Morgan fingerprint density at radius 2 is 2.37 bits per heavy atom. The fourth-order valence-corrected chi connectivity index (χ4v) is 4.69. The Labute approximate surface area is 114 Å². The summed E-state index contributed by atoms with van der Waals surface area (Å²) >= 11 is 0.872. The maximum Gasteiger partial charge on any atom is 0.358 e. The minimum Gasteiger partial charge on any atom is -0.464 e. The van der Waals surface area contributed by atoms with Crippen LogP contribution in [0.4, 0.5) is 0 Å². The van der Waals surface area contributed by atoms with Gasteiger partial charge in [-0.1, -0.05) is 0 Å². The summed E-state index contributed by atoms with van der Waals surface area (Å²) in [5.74, 6) is -0.780. The van der Waals surface area contributed by atoms with Crippen LogP contribution in [-0.2, 0) is 14.8 Å². The average Bonchev–Trinajstić information content (AvgIpc) is 2.87. The SMILES string of the molecule is COC(=O)c1ncsc1S(=O)(=O)N1CCCC(O)C1. The molecule has 0 saturated carbocycles. The number of aliphatic hydroxyl groups excluding tert-OH is 1. The number of aliphatic hydroxyl groups is 1. The lowest BCUT2D eigenvalue weighted by molar-refractivity contribution is 0.0590. The zero-order valence-corrected chi connectivity index (χ0v) is 11.9. The zero-order chi connectivity index (χ0) is 14.0. The van der Waals surface area contributed by atoms with E-state index in [4.69, 9.17) is 0 Å². The lowest BCUT2D eigenvalue weighted by Crippen LogP contribution is -2.42. The van der Waals surface area contributed by atoms with Crippen LogP contribution < -0.4 is 0 Å². The number of hydrogen-bond donors (Lipinski definition) is 1. The number of piperidine rings is 1. The summed E-state index contributed by atoms with van der Waals surface area (Å²) in [7, 11) is -2.64. The van der Waals surface area contributed by atoms with Crippen molar-refractivity contribution in [2.45, 2.75) is 23.2 Å². The molecule has 0 amide bonds. The van der Waals surface area contributed by atoms with Gasteiger partial charge in [-0.2, -0.15) is 4.31 Å². The molecule has 0 spiro atoms. The third-order valence-electron chi connectivity index (χ3n) is 2.85. The summed E-state index contributed by atoms with van der Waals surface area (Å²) in [6.07, 6.45) is 0.503. The van der Waals surface area contributed by atoms with E-state index < -0.39 is 22.1 Å². The number of carbonyl (C=O) groups is 1. The molecule has 2 heterocycles. The van der Waals surface area contributed by atoms with Gasteiger partial charge in [0.25, 0.3) is 10.0 Å². The number of rotatable bonds is 3. The van der Waals surface area contributed by atoms with E-state index in [1.165, 1.54) is 16.9 Å². The number of aromatic nitrogens is 1. The first kappa shape index (κ1) is 14.4. The summed E-state index contributed by atoms with van der Waals surface area (Å²) < 4.78 is 30.4. The first-order valence-corrected chi connectivity index (χ1v) is 7.99. The fourth-order valence-electron chi connectivity index (χ4n) is 1.91. The summed E-state index contributed by atoms with van der Waals surface area (Å²) in [6, 6.07) is 0. The van der Waals surface area contributed by atoms with Crippen molar-refractivity contribution in [1.29, 1.82) is 0 Å². The molecule has 106 valence electrons. The summed E-state index contributed by atoms with van der Waals surface area (Å²) in [6.45, 7) is 0.374. The molecule has 1 aliphatic rings. The summed E-state index contributed by atoms with van der Waals surface area (Å²) in [5, 5.41) is 9.56. The first-order valence-electron chi connectivity index (χ1n) is 5.67. The molecular weight excluding hydrogens is 292 g/mol. The van der Waals surface area contributed by atoms with Crippen LogP contribution in [0.15, 0.2) is 9.72 Å². The molecule has 7 nitrogen and oxygen atoms in total. The second-order valence-corrected chi connectivity index (χ2v) is 7.13. The maximum absolute atomic E-state index is 12.4. The van der Waals surface area contributed by atoms with E-state index >= 15 is 0 Å². The Morgan fingerprint density at radius 3 is 3.00 bits per heavy atom.